The largest absolute Gasteiger partial charge is 0.416 e. The highest BCUT2D eigenvalue weighted by molar-refractivity contribution is 5.95. The van der Waals surface area contributed by atoms with Crippen LogP contribution < -0.4 is 10.6 Å². The molecule has 128 valence electrons. The lowest BCUT2D eigenvalue weighted by molar-refractivity contribution is -0.137. The molecule has 1 aromatic rings. The highest BCUT2D eigenvalue weighted by Crippen LogP contribution is 2.58. The Morgan fingerprint density at radius 1 is 1.26 bits per heavy atom. The second-order valence-corrected chi connectivity index (χ2v) is 6.05. The molecule has 0 aromatic heterocycles. The number of hydrogen-bond acceptors (Lipinski definition) is 2. The number of anilines is 1. The minimum Gasteiger partial charge on any atom is -0.323 e. The second-order valence-electron chi connectivity index (χ2n) is 6.05. The number of hydrogen-bond donors (Lipinski definition) is 2. The molecule has 8 heteroatoms. The van der Waals surface area contributed by atoms with Gasteiger partial charge in [-0.3, -0.25) is 4.79 Å². The van der Waals surface area contributed by atoms with Crippen LogP contribution in [-0.4, -0.2) is 19.0 Å². The SMILES string of the molecule is Cl.O=C(Nc1cc(C(F)(F)F)ccc1F)C1CC12CCNCC2. The smallest absolute Gasteiger partial charge is 0.323 e. The molecule has 1 heterocycles. The lowest BCUT2D eigenvalue weighted by Gasteiger charge is -2.23. The van der Waals surface area contributed by atoms with Crippen LogP contribution in [0.2, 0.25) is 0 Å². The Bertz CT molecular complexity index is 600. The molecule has 0 bridgehead atoms. The molecule has 1 unspecified atom stereocenters. The van der Waals surface area contributed by atoms with Crippen molar-refractivity contribution in [1.82, 2.24) is 5.32 Å². The van der Waals surface area contributed by atoms with Gasteiger partial charge in [0.25, 0.3) is 0 Å². The number of rotatable bonds is 2. The molecule has 1 atom stereocenters. The Morgan fingerprint density at radius 3 is 2.52 bits per heavy atom. The topological polar surface area (TPSA) is 41.1 Å². The number of carbonyl (C=O) groups is 1. The number of halogens is 5. The molecule has 0 radical (unpaired) electrons. The minimum atomic E-state index is -4.57. The zero-order valence-electron chi connectivity index (χ0n) is 12.2. The lowest BCUT2D eigenvalue weighted by atomic mass is 9.92. The predicted octanol–water partition coefficient (Wildman–Crippen LogP) is 3.59. The third-order valence-corrected chi connectivity index (χ3v) is 4.66. The fourth-order valence-corrected chi connectivity index (χ4v) is 3.21. The van der Waals surface area contributed by atoms with Crippen LogP contribution in [0.25, 0.3) is 0 Å². The van der Waals surface area contributed by atoms with Crippen LogP contribution in [0.3, 0.4) is 0 Å². The van der Waals surface area contributed by atoms with Crippen molar-refractivity contribution in [1.29, 1.82) is 0 Å². The first-order valence-corrected chi connectivity index (χ1v) is 7.20. The molecule has 1 amide bonds. The van der Waals surface area contributed by atoms with Crippen molar-refractivity contribution in [3.63, 3.8) is 0 Å². The molecule has 1 saturated heterocycles. The Hall–Kier alpha value is -1.34. The summed E-state index contributed by atoms with van der Waals surface area (Å²) in [6.45, 7) is 1.67. The van der Waals surface area contributed by atoms with Crippen LogP contribution in [0.5, 0.6) is 0 Å². The standard InChI is InChI=1S/C15H16F4N2O.ClH/c16-11-2-1-9(15(17,18)19)7-12(11)21-13(22)10-8-14(10)3-5-20-6-4-14;/h1-2,7,10,20H,3-6,8H2,(H,21,22);1H. The van der Waals surface area contributed by atoms with Gasteiger partial charge in [0, 0.05) is 5.92 Å². The van der Waals surface area contributed by atoms with Crippen molar-refractivity contribution >= 4 is 24.0 Å². The van der Waals surface area contributed by atoms with E-state index in [1.807, 2.05) is 0 Å². The molecular formula is C15H17ClF4N2O. The average Bonchev–Trinajstić information content (AvgIpc) is 3.14. The Kier molecular flexibility index (Phi) is 4.92. The maximum Gasteiger partial charge on any atom is 0.416 e. The molecule has 1 saturated carbocycles. The Morgan fingerprint density at radius 2 is 1.91 bits per heavy atom. The van der Waals surface area contributed by atoms with E-state index in [1.54, 1.807) is 0 Å². The highest BCUT2D eigenvalue weighted by Gasteiger charge is 2.57. The number of nitrogens with one attached hydrogen (secondary N) is 2. The summed E-state index contributed by atoms with van der Waals surface area (Å²) >= 11 is 0. The summed E-state index contributed by atoms with van der Waals surface area (Å²) in [4.78, 5) is 12.2. The van der Waals surface area contributed by atoms with E-state index in [0.29, 0.717) is 12.1 Å². The fourth-order valence-electron chi connectivity index (χ4n) is 3.21. The molecule has 2 N–H and O–H groups in total. The monoisotopic (exact) mass is 352 g/mol. The van der Waals surface area contributed by atoms with Crippen LogP contribution >= 0.6 is 12.4 Å². The molecule has 1 aromatic carbocycles. The Labute approximate surface area is 137 Å². The van der Waals surface area contributed by atoms with E-state index in [0.717, 1.165) is 38.4 Å². The molecule has 1 aliphatic heterocycles. The molecule has 3 rings (SSSR count). The maximum atomic E-state index is 13.6. The van der Waals surface area contributed by atoms with Gasteiger partial charge < -0.3 is 10.6 Å². The number of alkyl halides is 3. The van der Waals surface area contributed by atoms with E-state index in [2.05, 4.69) is 10.6 Å². The first kappa shape index (κ1) is 18.0. The van der Waals surface area contributed by atoms with Gasteiger partial charge in [-0.2, -0.15) is 13.2 Å². The molecule has 2 aliphatic rings. The van der Waals surface area contributed by atoms with E-state index in [4.69, 9.17) is 0 Å². The predicted molar refractivity (Wildman–Crippen MR) is 79.9 cm³/mol. The maximum absolute atomic E-state index is 13.6. The van der Waals surface area contributed by atoms with Gasteiger partial charge in [0.1, 0.15) is 5.82 Å². The van der Waals surface area contributed by atoms with E-state index in [9.17, 15) is 22.4 Å². The van der Waals surface area contributed by atoms with Crippen molar-refractivity contribution < 1.29 is 22.4 Å². The number of amides is 1. The van der Waals surface area contributed by atoms with Crippen LogP contribution in [-0.2, 0) is 11.0 Å². The van der Waals surface area contributed by atoms with E-state index in [1.165, 1.54) is 0 Å². The summed E-state index contributed by atoms with van der Waals surface area (Å²) in [5.74, 6) is -1.48. The minimum absolute atomic E-state index is 0. The van der Waals surface area contributed by atoms with E-state index >= 15 is 0 Å². The van der Waals surface area contributed by atoms with Crippen molar-refractivity contribution in [2.45, 2.75) is 25.4 Å². The van der Waals surface area contributed by atoms with Crippen LogP contribution in [0, 0.1) is 17.2 Å². The normalized spacial score (nSPS) is 22.3. The highest BCUT2D eigenvalue weighted by atomic mass is 35.5. The number of benzene rings is 1. The van der Waals surface area contributed by atoms with Crippen molar-refractivity contribution in [3.8, 4) is 0 Å². The number of carbonyl (C=O) groups excluding carboxylic acids is 1. The van der Waals surface area contributed by atoms with Gasteiger partial charge in [-0.15, -0.1) is 12.4 Å². The zero-order chi connectivity index (χ0) is 16.0. The fraction of sp³-hybridized carbons (Fsp3) is 0.533. The van der Waals surface area contributed by atoms with Gasteiger partial charge >= 0.3 is 6.18 Å². The van der Waals surface area contributed by atoms with Gasteiger partial charge in [0.15, 0.2) is 0 Å². The van der Waals surface area contributed by atoms with Gasteiger partial charge in [-0.1, -0.05) is 0 Å². The quantitative estimate of drug-likeness (QED) is 0.799. The summed E-state index contributed by atoms with van der Waals surface area (Å²) in [5, 5.41) is 5.53. The van der Waals surface area contributed by atoms with Crippen molar-refractivity contribution in [3.05, 3.63) is 29.6 Å². The third kappa shape index (κ3) is 3.61. The van der Waals surface area contributed by atoms with Gasteiger partial charge in [0.05, 0.1) is 11.3 Å². The molecule has 3 nitrogen and oxygen atoms in total. The number of piperidine rings is 1. The lowest BCUT2D eigenvalue weighted by Crippen LogP contribution is -2.31. The van der Waals surface area contributed by atoms with Gasteiger partial charge in [0.2, 0.25) is 5.91 Å². The molecular weight excluding hydrogens is 336 g/mol. The van der Waals surface area contributed by atoms with Crippen LogP contribution in [0.1, 0.15) is 24.8 Å². The van der Waals surface area contributed by atoms with Crippen LogP contribution in [0.4, 0.5) is 23.2 Å². The second kappa shape index (κ2) is 6.28. The summed E-state index contributed by atoms with van der Waals surface area (Å²) < 4.78 is 51.6. The van der Waals surface area contributed by atoms with Crippen LogP contribution in [0.15, 0.2) is 18.2 Å². The van der Waals surface area contributed by atoms with E-state index in [-0.39, 0.29) is 29.6 Å². The Balaban J connectivity index is 0.00000192. The molecule has 1 aliphatic carbocycles. The van der Waals surface area contributed by atoms with Gasteiger partial charge in [-0.05, 0) is 56.0 Å². The summed E-state index contributed by atoms with van der Waals surface area (Å²) in [5.41, 5.74) is -1.43. The molecule has 2 fully saturated rings. The third-order valence-electron chi connectivity index (χ3n) is 4.66. The van der Waals surface area contributed by atoms with Crippen molar-refractivity contribution in [2.75, 3.05) is 18.4 Å². The summed E-state index contributed by atoms with van der Waals surface area (Å²) in [6.07, 6.45) is -2.10. The van der Waals surface area contributed by atoms with Crippen molar-refractivity contribution in [2.24, 2.45) is 11.3 Å². The zero-order valence-corrected chi connectivity index (χ0v) is 13.0. The molecule has 23 heavy (non-hydrogen) atoms. The summed E-state index contributed by atoms with van der Waals surface area (Å²) in [6, 6.07) is 2.03. The first-order valence-electron chi connectivity index (χ1n) is 7.20. The molecule has 1 spiro atoms. The average molecular weight is 353 g/mol. The van der Waals surface area contributed by atoms with E-state index < -0.39 is 23.2 Å². The first-order chi connectivity index (χ1) is 10.3. The van der Waals surface area contributed by atoms with Gasteiger partial charge in [-0.25, -0.2) is 4.39 Å². The summed E-state index contributed by atoms with van der Waals surface area (Å²) in [7, 11) is 0.